The number of aliphatic imine (C=N–C) groups is 1. The van der Waals surface area contributed by atoms with E-state index in [9.17, 15) is 0 Å². The van der Waals surface area contributed by atoms with Gasteiger partial charge in [-0.1, -0.05) is 55.8 Å². The molecule has 0 aliphatic carbocycles. The Kier molecular flexibility index (Phi) is 5.84. The van der Waals surface area contributed by atoms with E-state index in [0.29, 0.717) is 17.5 Å². The van der Waals surface area contributed by atoms with Crippen LogP contribution in [0.5, 0.6) is 0 Å². The standard InChI is InChI=1S/C18H22ClN3/c1-3-13-6-5-7-15(10-13)12-21-18(20)22-17-11-14(4-2)8-9-16(17)19/h5-11H,3-4,12H2,1-2H3,(H3,20,21,22). The first-order chi connectivity index (χ1) is 10.6. The van der Waals surface area contributed by atoms with Crippen molar-refractivity contribution in [2.24, 2.45) is 10.7 Å². The highest BCUT2D eigenvalue weighted by atomic mass is 35.5. The lowest BCUT2D eigenvalue weighted by Gasteiger charge is -2.09. The summed E-state index contributed by atoms with van der Waals surface area (Å²) in [6.45, 7) is 4.80. The molecule has 0 aliphatic rings. The van der Waals surface area contributed by atoms with Gasteiger partial charge in [-0.2, -0.15) is 0 Å². The van der Waals surface area contributed by atoms with Crippen molar-refractivity contribution in [3.63, 3.8) is 0 Å². The van der Waals surface area contributed by atoms with Crippen LogP contribution in [-0.2, 0) is 19.4 Å². The molecule has 4 heteroatoms. The molecule has 0 saturated heterocycles. The van der Waals surface area contributed by atoms with Gasteiger partial charge in [0.05, 0.1) is 17.3 Å². The van der Waals surface area contributed by atoms with Crippen molar-refractivity contribution in [3.05, 3.63) is 64.2 Å². The van der Waals surface area contributed by atoms with Crippen LogP contribution in [0.15, 0.2) is 47.5 Å². The van der Waals surface area contributed by atoms with Crippen LogP contribution in [0.25, 0.3) is 0 Å². The van der Waals surface area contributed by atoms with Crippen molar-refractivity contribution in [2.45, 2.75) is 33.2 Å². The van der Waals surface area contributed by atoms with Crippen LogP contribution in [0.4, 0.5) is 5.69 Å². The Morgan fingerprint density at radius 1 is 1.05 bits per heavy atom. The number of hydrogen-bond acceptors (Lipinski definition) is 1. The molecule has 0 radical (unpaired) electrons. The van der Waals surface area contributed by atoms with Crippen LogP contribution < -0.4 is 11.1 Å². The minimum absolute atomic E-state index is 0.372. The summed E-state index contributed by atoms with van der Waals surface area (Å²) in [5.41, 5.74) is 10.4. The number of rotatable bonds is 5. The predicted molar refractivity (Wildman–Crippen MR) is 95.6 cm³/mol. The maximum Gasteiger partial charge on any atom is 0.193 e. The van der Waals surface area contributed by atoms with Crippen LogP contribution in [0.2, 0.25) is 5.02 Å². The highest BCUT2D eigenvalue weighted by Gasteiger charge is 2.03. The van der Waals surface area contributed by atoms with E-state index in [1.165, 1.54) is 11.1 Å². The van der Waals surface area contributed by atoms with Gasteiger partial charge in [0.15, 0.2) is 5.96 Å². The van der Waals surface area contributed by atoms with Crippen molar-refractivity contribution in [3.8, 4) is 0 Å². The molecule has 2 aromatic carbocycles. The number of aryl methyl sites for hydroxylation is 2. The molecule has 0 spiro atoms. The van der Waals surface area contributed by atoms with Crippen molar-refractivity contribution in [1.82, 2.24) is 0 Å². The number of benzene rings is 2. The van der Waals surface area contributed by atoms with E-state index in [-0.39, 0.29) is 0 Å². The summed E-state index contributed by atoms with van der Waals surface area (Å²) in [4.78, 5) is 4.39. The third kappa shape index (κ3) is 4.50. The molecule has 0 heterocycles. The van der Waals surface area contributed by atoms with Crippen LogP contribution >= 0.6 is 11.6 Å². The zero-order valence-electron chi connectivity index (χ0n) is 13.1. The third-order valence-electron chi connectivity index (χ3n) is 3.53. The molecule has 3 N–H and O–H groups in total. The molecule has 2 rings (SSSR count). The van der Waals surface area contributed by atoms with Gasteiger partial charge in [0.25, 0.3) is 0 Å². The normalized spacial score (nSPS) is 11.5. The average molecular weight is 316 g/mol. The van der Waals surface area contributed by atoms with Gasteiger partial charge >= 0.3 is 0 Å². The van der Waals surface area contributed by atoms with E-state index in [1.54, 1.807) is 0 Å². The molecule has 0 unspecified atom stereocenters. The molecule has 0 aromatic heterocycles. The molecule has 0 fully saturated rings. The highest BCUT2D eigenvalue weighted by molar-refractivity contribution is 6.33. The summed E-state index contributed by atoms with van der Waals surface area (Å²) >= 11 is 6.18. The smallest absolute Gasteiger partial charge is 0.193 e. The highest BCUT2D eigenvalue weighted by Crippen LogP contribution is 2.23. The van der Waals surface area contributed by atoms with E-state index in [4.69, 9.17) is 17.3 Å². The number of nitrogens with zero attached hydrogens (tertiary/aromatic N) is 1. The van der Waals surface area contributed by atoms with E-state index in [0.717, 1.165) is 24.1 Å². The molecule has 0 amide bonds. The second-order valence-electron chi connectivity index (χ2n) is 5.17. The summed E-state index contributed by atoms with van der Waals surface area (Å²) in [5, 5.41) is 3.72. The van der Waals surface area contributed by atoms with E-state index in [1.807, 2.05) is 18.2 Å². The Balaban J connectivity index is 2.06. The second kappa shape index (κ2) is 7.85. The Hall–Kier alpha value is -2.00. The molecule has 0 bridgehead atoms. The summed E-state index contributed by atoms with van der Waals surface area (Å²) < 4.78 is 0. The molecular formula is C18H22ClN3. The van der Waals surface area contributed by atoms with E-state index >= 15 is 0 Å². The zero-order valence-corrected chi connectivity index (χ0v) is 13.8. The Morgan fingerprint density at radius 2 is 1.73 bits per heavy atom. The number of guanidine groups is 1. The Morgan fingerprint density at radius 3 is 2.45 bits per heavy atom. The summed E-state index contributed by atoms with van der Waals surface area (Å²) in [6.07, 6.45) is 1.97. The molecule has 0 saturated carbocycles. The van der Waals surface area contributed by atoms with Gasteiger partial charge in [-0.15, -0.1) is 0 Å². The second-order valence-corrected chi connectivity index (χ2v) is 5.57. The number of halogens is 1. The van der Waals surface area contributed by atoms with Crippen molar-refractivity contribution in [1.29, 1.82) is 0 Å². The van der Waals surface area contributed by atoms with Gasteiger partial charge in [-0.25, -0.2) is 4.99 Å². The first-order valence-corrected chi connectivity index (χ1v) is 7.93. The van der Waals surface area contributed by atoms with Crippen molar-refractivity contribution in [2.75, 3.05) is 5.32 Å². The van der Waals surface area contributed by atoms with Gasteiger partial charge in [-0.05, 0) is 41.7 Å². The fourth-order valence-corrected chi connectivity index (χ4v) is 2.35. The molecule has 0 aliphatic heterocycles. The lowest BCUT2D eigenvalue weighted by atomic mass is 10.1. The average Bonchev–Trinajstić information content (AvgIpc) is 2.55. The lowest BCUT2D eigenvalue weighted by Crippen LogP contribution is -2.22. The summed E-state index contributed by atoms with van der Waals surface area (Å²) in [6, 6.07) is 14.3. The fourth-order valence-electron chi connectivity index (χ4n) is 2.19. The first kappa shape index (κ1) is 16.4. The maximum absolute atomic E-state index is 6.18. The summed E-state index contributed by atoms with van der Waals surface area (Å²) in [7, 11) is 0. The summed E-state index contributed by atoms with van der Waals surface area (Å²) in [5.74, 6) is 0.372. The zero-order chi connectivity index (χ0) is 15.9. The monoisotopic (exact) mass is 315 g/mol. The number of nitrogens with two attached hydrogens (primary N) is 1. The molecule has 3 nitrogen and oxygen atoms in total. The fraction of sp³-hybridized carbons (Fsp3) is 0.278. The Bertz CT molecular complexity index is 665. The van der Waals surface area contributed by atoms with Crippen LogP contribution in [0, 0.1) is 0 Å². The lowest BCUT2D eigenvalue weighted by molar-refractivity contribution is 1.04. The van der Waals surface area contributed by atoms with Gasteiger partial charge < -0.3 is 11.1 Å². The van der Waals surface area contributed by atoms with E-state index < -0.39 is 0 Å². The SMILES string of the molecule is CCc1cccc(CN=C(N)Nc2cc(CC)ccc2Cl)c1. The minimum atomic E-state index is 0.372. The van der Waals surface area contributed by atoms with Crippen molar-refractivity contribution >= 4 is 23.2 Å². The number of nitrogens with one attached hydrogen (secondary N) is 1. The predicted octanol–water partition coefficient (Wildman–Crippen LogP) is 4.39. The van der Waals surface area contributed by atoms with Gasteiger partial charge in [0.2, 0.25) is 0 Å². The maximum atomic E-state index is 6.18. The van der Waals surface area contributed by atoms with Crippen LogP contribution in [0.1, 0.15) is 30.5 Å². The minimum Gasteiger partial charge on any atom is -0.370 e. The molecule has 116 valence electrons. The van der Waals surface area contributed by atoms with Gasteiger partial charge in [0.1, 0.15) is 0 Å². The Labute approximate surface area is 137 Å². The molecule has 22 heavy (non-hydrogen) atoms. The molecule has 2 aromatic rings. The topological polar surface area (TPSA) is 50.4 Å². The molecular weight excluding hydrogens is 294 g/mol. The quantitative estimate of drug-likeness (QED) is 0.635. The van der Waals surface area contributed by atoms with Crippen molar-refractivity contribution < 1.29 is 0 Å². The number of hydrogen-bond donors (Lipinski definition) is 2. The third-order valence-corrected chi connectivity index (χ3v) is 3.86. The number of anilines is 1. The van der Waals surface area contributed by atoms with Crippen LogP contribution in [0.3, 0.4) is 0 Å². The first-order valence-electron chi connectivity index (χ1n) is 7.55. The van der Waals surface area contributed by atoms with E-state index in [2.05, 4.69) is 48.4 Å². The van der Waals surface area contributed by atoms with Gasteiger partial charge in [-0.3, -0.25) is 0 Å². The van der Waals surface area contributed by atoms with Gasteiger partial charge in [0, 0.05) is 0 Å². The molecule has 0 atom stereocenters. The largest absolute Gasteiger partial charge is 0.370 e. The van der Waals surface area contributed by atoms with Crippen LogP contribution in [-0.4, -0.2) is 5.96 Å².